The van der Waals surface area contributed by atoms with Crippen molar-refractivity contribution in [1.29, 1.82) is 0 Å². The number of fused-ring (bicyclic) bond motifs is 1. The summed E-state index contributed by atoms with van der Waals surface area (Å²) in [4.78, 5) is 28.7. The van der Waals surface area contributed by atoms with Crippen LogP contribution in [0.25, 0.3) is 0 Å². The molecule has 2 aromatic rings. The van der Waals surface area contributed by atoms with Gasteiger partial charge in [-0.05, 0) is 42.3 Å². The number of carbonyl (C=O) groups excluding carboxylic acids is 2. The van der Waals surface area contributed by atoms with Crippen molar-refractivity contribution in [3.05, 3.63) is 62.5 Å². The molecule has 2 aliphatic heterocycles. The SMILES string of the molecule is O=C1[C@@H]2C(c3ccc(Br)cc3)CCN2C(=O)N1c1cc(Cl)cc(Cl)c1. The Morgan fingerprint density at radius 1 is 1.00 bits per heavy atom. The highest BCUT2D eigenvalue weighted by atomic mass is 79.9. The average molecular weight is 440 g/mol. The zero-order valence-electron chi connectivity index (χ0n) is 13.0. The largest absolute Gasteiger partial charge is 0.332 e. The number of amides is 3. The maximum absolute atomic E-state index is 13.0. The van der Waals surface area contributed by atoms with Gasteiger partial charge in [0.1, 0.15) is 6.04 Å². The van der Waals surface area contributed by atoms with Crippen molar-refractivity contribution >= 4 is 56.8 Å². The van der Waals surface area contributed by atoms with Gasteiger partial charge in [0.25, 0.3) is 5.91 Å². The third kappa shape index (κ3) is 2.84. The maximum atomic E-state index is 13.0. The van der Waals surface area contributed by atoms with Crippen LogP contribution in [0.15, 0.2) is 46.9 Å². The fraction of sp³-hybridized carbons (Fsp3) is 0.222. The smallest absolute Gasteiger partial charge is 0.311 e. The summed E-state index contributed by atoms with van der Waals surface area (Å²) in [5.41, 5.74) is 1.47. The molecule has 0 saturated carbocycles. The average Bonchev–Trinajstić information content (AvgIpc) is 3.08. The highest BCUT2D eigenvalue weighted by molar-refractivity contribution is 9.10. The molecule has 0 radical (unpaired) electrons. The molecule has 1 unspecified atom stereocenters. The number of rotatable bonds is 2. The van der Waals surface area contributed by atoms with E-state index in [-0.39, 0.29) is 17.9 Å². The molecule has 25 heavy (non-hydrogen) atoms. The molecule has 2 heterocycles. The van der Waals surface area contributed by atoms with E-state index in [1.165, 1.54) is 4.90 Å². The van der Waals surface area contributed by atoms with Crippen LogP contribution in [0, 0.1) is 0 Å². The monoisotopic (exact) mass is 438 g/mol. The summed E-state index contributed by atoms with van der Waals surface area (Å²) in [6, 6.07) is 11.8. The molecular weight excluding hydrogens is 427 g/mol. The molecule has 0 bridgehead atoms. The minimum absolute atomic E-state index is 0.00999. The minimum atomic E-state index is -0.480. The van der Waals surface area contributed by atoms with E-state index < -0.39 is 6.04 Å². The first-order valence-corrected chi connectivity index (χ1v) is 9.37. The molecule has 2 fully saturated rings. The van der Waals surface area contributed by atoms with E-state index in [1.54, 1.807) is 23.1 Å². The second-order valence-corrected chi connectivity index (χ2v) is 7.96. The fourth-order valence-corrected chi connectivity index (χ4v) is 4.41. The van der Waals surface area contributed by atoms with Crippen molar-refractivity contribution < 1.29 is 9.59 Å². The van der Waals surface area contributed by atoms with Crippen molar-refractivity contribution in [3.63, 3.8) is 0 Å². The summed E-state index contributed by atoms with van der Waals surface area (Å²) in [6.45, 7) is 0.556. The Morgan fingerprint density at radius 3 is 2.28 bits per heavy atom. The molecule has 2 atom stereocenters. The molecule has 3 amide bonds. The van der Waals surface area contributed by atoms with Crippen molar-refractivity contribution in [3.8, 4) is 0 Å². The van der Waals surface area contributed by atoms with Crippen LogP contribution < -0.4 is 4.90 Å². The molecule has 2 aliphatic rings. The van der Waals surface area contributed by atoms with Gasteiger partial charge in [0.05, 0.1) is 5.69 Å². The predicted molar refractivity (Wildman–Crippen MR) is 101 cm³/mol. The third-order valence-electron chi connectivity index (χ3n) is 4.71. The first kappa shape index (κ1) is 16.9. The standard InChI is InChI=1S/C18H13BrCl2N2O2/c19-11-3-1-10(2-4-11)15-5-6-22-16(15)17(24)23(18(22)25)14-8-12(20)7-13(21)9-14/h1-4,7-9,15-16H,5-6H2/t15?,16-/m0/s1. The van der Waals surface area contributed by atoms with E-state index in [0.717, 1.165) is 16.5 Å². The highest BCUT2D eigenvalue weighted by Gasteiger charge is 2.53. The Balaban J connectivity index is 1.70. The summed E-state index contributed by atoms with van der Waals surface area (Å²) in [7, 11) is 0. The summed E-state index contributed by atoms with van der Waals surface area (Å²) in [5.74, 6) is -0.238. The molecule has 0 aliphatic carbocycles. The van der Waals surface area contributed by atoms with Gasteiger partial charge in [0.2, 0.25) is 0 Å². The second-order valence-electron chi connectivity index (χ2n) is 6.17. The number of anilines is 1. The van der Waals surface area contributed by atoms with Crippen LogP contribution in [0.2, 0.25) is 10.0 Å². The number of hydrogen-bond donors (Lipinski definition) is 0. The lowest BCUT2D eigenvalue weighted by Crippen LogP contribution is -2.33. The van der Waals surface area contributed by atoms with E-state index in [1.807, 2.05) is 24.3 Å². The Kier molecular flexibility index (Phi) is 4.26. The number of hydrogen-bond acceptors (Lipinski definition) is 2. The summed E-state index contributed by atoms with van der Waals surface area (Å²) in [5, 5.41) is 0.777. The Labute approximate surface area is 163 Å². The van der Waals surface area contributed by atoms with Crippen LogP contribution in [0.5, 0.6) is 0 Å². The Hall–Kier alpha value is -1.56. The molecule has 2 saturated heterocycles. The van der Waals surface area contributed by atoms with Crippen molar-refractivity contribution in [2.75, 3.05) is 11.4 Å². The number of nitrogens with zero attached hydrogens (tertiary/aromatic N) is 2. The maximum Gasteiger partial charge on any atom is 0.332 e. The first-order valence-electron chi connectivity index (χ1n) is 7.82. The number of carbonyl (C=O) groups is 2. The number of imide groups is 1. The van der Waals surface area contributed by atoms with Crippen LogP contribution in [0.3, 0.4) is 0 Å². The second kappa shape index (κ2) is 6.31. The molecule has 0 N–H and O–H groups in total. The lowest BCUT2D eigenvalue weighted by Gasteiger charge is -2.18. The van der Waals surface area contributed by atoms with Gasteiger partial charge in [-0.1, -0.05) is 51.3 Å². The molecule has 2 aromatic carbocycles. The van der Waals surface area contributed by atoms with Crippen molar-refractivity contribution in [2.24, 2.45) is 0 Å². The molecule has 128 valence electrons. The van der Waals surface area contributed by atoms with Gasteiger partial charge in [-0.2, -0.15) is 0 Å². The highest BCUT2D eigenvalue weighted by Crippen LogP contribution is 2.41. The van der Waals surface area contributed by atoms with Crippen LogP contribution in [-0.2, 0) is 4.79 Å². The predicted octanol–water partition coefficient (Wildman–Crippen LogP) is 5.08. The van der Waals surface area contributed by atoms with Gasteiger partial charge >= 0.3 is 6.03 Å². The van der Waals surface area contributed by atoms with Crippen LogP contribution in [0.4, 0.5) is 10.5 Å². The lowest BCUT2D eigenvalue weighted by atomic mass is 9.91. The third-order valence-corrected chi connectivity index (χ3v) is 5.68. The zero-order valence-corrected chi connectivity index (χ0v) is 16.1. The molecule has 4 rings (SSSR count). The number of urea groups is 1. The van der Waals surface area contributed by atoms with Crippen molar-refractivity contribution in [2.45, 2.75) is 18.4 Å². The fourth-order valence-electron chi connectivity index (χ4n) is 3.63. The van der Waals surface area contributed by atoms with Gasteiger partial charge in [-0.15, -0.1) is 0 Å². The van der Waals surface area contributed by atoms with E-state index in [2.05, 4.69) is 15.9 Å². The summed E-state index contributed by atoms with van der Waals surface area (Å²) >= 11 is 15.5. The Bertz CT molecular complexity index is 852. The molecule has 7 heteroatoms. The van der Waals surface area contributed by atoms with Gasteiger partial charge < -0.3 is 4.90 Å². The quantitative estimate of drug-likeness (QED) is 0.612. The molecule has 0 aromatic heterocycles. The number of halogens is 3. The lowest BCUT2D eigenvalue weighted by molar-refractivity contribution is -0.119. The van der Waals surface area contributed by atoms with Crippen LogP contribution in [0.1, 0.15) is 17.9 Å². The molecule has 0 spiro atoms. The minimum Gasteiger partial charge on any atom is -0.311 e. The summed E-state index contributed by atoms with van der Waals surface area (Å²) < 4.78 is 0.982. The first-order chi connectivity index (χ1) is 12.0. The van der Waals surface area contributed by atoms with E-state index >= 15 is 0 Å². The number of benzene rings is 2. The van der Waals surface area contributed by atoms with Gasteiger partial charge in [-0.25, -0.2) is 9.69 Å². The van der Waals surface area contributed by atoms with Crippen molar-refractivity contribution in [1.82, 2.24) is 4.90 Å². The van der Waals surface area contributed by atoms with E-state index in [4.69, 9.17) is 23.2 Å². The van der Waals surface area contributed by atoms with E-state index in [9.17, 15) is 9.59 Å². The summed E-state index contributed by atoms with van der Waals surface area (Å²) in [6.07, 6.45) is 0.772. The molecule has 4 nitrogen and oxygen atoms in total. The van der Waals surface area contributed by atoms with Crippen LogP contribution >= 0.6 is 39.1 Å². The van der Waals surface area contributed by atoms with Gasteiger partial charge in [0.15, 0.2) is 0 Å². The van der Waals surface area contributed by atoms with Gasteiger partial charge in [0, 0.05) is 27.0 Å². The topological polar surface area (TPSA) is 40.6 Å². The van der Waals surface area contributed by atoms with Crippen LogP contribution in [-0.4, -0.2) is 29.4 Å². The van der Waals surface area contributed by atoms with Gasteiger partial charge in [-0.3, -0.25) is 4.79 Å². The Morgan fingerprint density at radius 2 is 1.64 bits per heavy atom. The normalized spacial score (nSPS) is 22.7. The zero-order chi connectivity index (χ0) is 17.7. The van der Waals surface area contributed by atoms with E-state index in [0.29, 0.717) is 22.3 Å². The molecular formula is C18H13BrCl2N2O2.